The summed E-state index contributed by atoms with van der Waals surface area (Å²) in [4.78, 5) is 10.5. The first-order chi connectivity index (χ1) is 7.63. The molecule has 0 aromatic heterocycles. The van der Waals surface area contributed by atoms with Crippen LogP contribution in [0, 0.1) is 0 Å². The van der Waals surface area contributed by atoms with Crippen LogP contribution < -0.4 is 0 Å². The number of benzene rings is 1. The molecule has 1 aromatic carbocycles. The molecule has 16 heavy (non-hydrogen) atoms. The molecule has 1 aliphatic rings. The lowest BCUT2D eigenvalue weighted by Crippen LogP contribution is -2.22. The van der Waals surface area contributed by atoms with Gasteiger partial charge in [-0.05, 0) is 36.8 Å². The number of aldehydes is 1. The molecule has 1 aliphatic carbocycles. The van der Waals surface area contributed by atoms with E-state index in [-0.39, 0.29) is 6.42 Å². The summed E-state index contributed by atoms with van der Waals surface area (Å²) in [5.41, 5.74) is 1.13. The summed E-state index contributed by atoms with van der Waals surface area (Å²) >= 11 is 0. The third-order valence-electron chi connectivity index (χ3n) is 3.57. The van der Waals surface area contributed by atoms with Gasteiger partial charge in [-0.25, -0.2) is 0 Å². The highest BCUT2D eigenvalue weighted by molar-refractivity contribution is 5.52. The van der Waals surface area contributed by atoms with Crippen LogP contribution in [0.5, 0.6) is 0 Å². The molecule has 1 fully saturated rings. The van der Waals surface area contributed by atoms with Gasteiger partial charge in [-0.2, -0.15) is 0 Å². The van der Waals surface area contributed by atoms with Crippen LogP contribution in [-0.2, 0) is 10.4 Å². The predicted octanol–water partition coefficient (Wildman–Crippen LogP) is 2.75. The van der Waals surface area contributed by atoms with Crippen molar-refractivity contribution in [3.8, 4) is 0 Å². The Morgan fingerprint density at radius 2 is 2.25 bits per heavy atom. The molecular weight excluding hydrogens is 200 g/mol. The van der Waals surface area contributed by atoms with Crippen molar-refractivity contribution in [2.24, 2.45) is 0 Å². The Bertz CT molecular complexity index is 378. The molecule has 0 bridgehead atoms. The minimum atomic E-state index is -1.03. The van der Waals surface area contributed by atoms with Gasteiger partial charge in [0.25, 0.3) is 0 Å². The van der Waals surface area contributed by atoms with Gasteiger partial charge in [-0.15, -0.1) is 0 Å². The molecule has 1 saturated carbocycles. The van der Waals surface area contributed by atoms with Crippen molar-refractivity contribution in [1.82, 2.24) is 0 Å². The molecular formula is C14H18O2. The van der Waals surface area contributed by atoms with Crippen LogP contribution in [0.1, 0.15) is 49.7 Å². The Balaban J connectivity index is 2.23. The van der Waals surface area contributed by atoms with E-state index < -0.39 is 5.60 Å². The van der Waals surface area contributed by atoms with E-state index in [0.29, 0.717) is 5.92 Å². The van der Waals surface area contributed by atoms with E-state index in [9.17, 15) is 9.90 Å². The number of aliphatic hydroxyl groups is 1. The van der Waals surface area contributed by atoms with Crippen molar-refractivity contribution in [3.05, 3.63) is 35.4 Å². The van der Waals surface area contributed by atoms with Crippen molar-refractivity contribution in [1.29, 1.82) is 0 Å². The van der Waals surface area contributed by atoms with Crippen LogP contribution >= 0.6 is 0 Å². The molecule has 2 heteroatoms. The van der Waals surface area contributed by atoms with Gasteiger partial charge in [0, 0.05) is 6.42 Å². The largest absolute Gasteiger partial charge is 0.385 e. The highest BCUT2D eigenvalue weighted by atomic mass is 16.3. The zero-order chi connectivity index (χ0) is 11.6. The lowest BCUT2D eigenvalue weighted by molar-refractivity contribution is -0.112. The van der Waals surface area contributed by atoms with Crippen molar-refractivity contribution < 1.29 is 9.90 Å². The first kappa shape index (κ1) is 11.3. The summed E-state index contributed by atoms with van der Waals surface area (Å²) in [6, 6.07) is 8.03. The van der Waals surface area contributed by atoms with E-state index >= 15 is 0 Å². The summed E-state index contributed by atoms with van der Waals surface area (Å²) in [7, 11) is 0. The molecule has 0 saturated heterocycles. The standard InChI is InChI=1S/C14H18O2/c1-14(16,8-9-15)13-7-3-6-12(10-13)11-4-2-5-11/h3,6-7,9-11,16H,2,4-5,8H2,1H3. The fraction of sp³-hybridized carbons (Fsp3) is 0.500. The van der Waals surface area contributed by atoms with E-state index in [4.69, 9.17) is 0 Å². The highest BCUT2D eigenvalue weighted by Crippen LogP contribution is 2.37. The van der Waals surface area contributed by atoms with E-state index in [0.717, 1.165) is 11.8 Å². The van der Waals surface area contributed by atoms with Crippen LogP contribution in [0.2, 0.25) is 0 Å². The molecule has 0 spiro atoms. The number of hydrogen-bond donors (Lipinski definition) is 1. The number of rotatable bonds is 4. The van der Waals surface area contributed by atoms with Gasteiger partial charge in [0.15, 0.2) is 0 Å². The fourth-order valence-corrected chi connectivity index (χ4v) is 2.15. The molecule has 0 aliphatic heterocycles. The monoisotopic (exact) mass is 218 g/mol. The molecule has 0 amide bonds. The van der Waals surface area contributed by atoms with Crippen LogP contribution in [0.15, 0.2) is 24.3 Å². The molecule has 1 N–H and O–H groups in total. The predicted molar refractivity (Wildman–Crippen MR) is 63.3 cm³/mol. The van der Waals surface area contributed by atoms with Crippen molar-refractivity contribution in [2.45, 2.75) is 44.1 Å². The molecule has 0 radical (unpaired) electrons. The minimum absolute atomic E-state index is 0.154. The van der Waals surface area contributed by atoms with Crippen LogP contribution in [0.3, 0.4) is 0 Å². The molecule has 1 unspecified atom stereocenters. The SMILES string of the molecule is CC(O)(CC=O)c1cccc(C2CCC2)c1. The Kier molecular flexibility index (Phi) is 3.10. The van der Waals surface area contributed by atoms with Crippen molar-refractivity contribution in [3.63, 3.8) is 0 Å². The Morgan fingerprint density at radius 1 is 1.50 bits per heavy atom. The van der Waals surface area contributed by atoms with Gasteiger partial charge >= 0.3 is 0 Å². The minimum Gasteiger partial charge on any atom is -0.385 e. The number of carbonyl (C=O) groups is 1. The smallest absolute Gasteiger partial charge is 0.123 e. The van der Waals surface area contributed by atoms with E-state index in [1.807, 2.05) is 18.2 Å². The molecule has 1 atom stereocenters. The Labute approximate surface area is 96.3 Å². The first-order valence-corrected chi connectivity index (χ1v) is 5.90. The Morgan fingerprint density at radius 3 is 2.81 bits per heavy atom. The topological polar surface area (TPSA) is 37.3 Å². The molecule has 2 nitrogen and oxygen atoms in total. The number of carbonyl (C=O) groups excluding carboxylic acids is 1. The maximum atomic E-state index is 10.5. The average molecular weight is 218 g/mol. The second-order valence-corrected chi connectivity index (χ2v) is 4.90. The van der Waals surface area contributed by atoms with Gasteiger partial charge in [0.1, 0.15) is 6.29 Å². The zero-order valence-corrected chi connectivity index (χ0v) is 9.65. The molecule has 0 heterocycles. The Hall–Kier alpha value is -1.15. The summed E-state index contributed by atoms with van der Waals surface area (Å²) in [6.07, 6.45) is 4.73. The maximum Gasteiger partial charge on any atom is 0.123 e. The third-order valence-corrected chi connectivity index (χ3v) is 3.57. The van der Waals surface area contributed by atoms with E-state index in [1.165, 1.54) is 24.8 Å². The van der Waals surface area contributed by atoms with Gasteiger partial charge in [0.05, 0.1) is 5.60 Å². The van der Waals surface area contributed by atoms with Gasteiger partial charge in [-0.3, -0.25) is 0 Å². The average Bonchev–Trinajstić information content (AvgIpc) is 2.15. The van der Waals surface area contributed by atoms with Gasteiger partial charge < -0.3 is 9.90 Å². The van der Waals surface area contributed by atoms with E-state index in [2.05, 4.69) is 6.07 Å². The molecule has 1 aromatic rings. The first-order valence-electron chi connectivity index (χ1n) is 5.90. The van der Waals surface area contributed by atoms with Crippen LogP contribution in [0.25, 0.3) is 0 Å². The van der Waals surface area contributed by atoms with Crippen LogP contribution in [-0.4, -0.2) is 11.4 Å². The molecule has 2 rings (SSSR count). The van der Waals surface area contributed by atoms with Gasteiger partial charge in [0.2, 0.25) is 0 Å². The van der Waals surface area contributed by atoms with Crippen LogP contribution in [0.4, 0.5) is 0 Å². The van der Waals surface area contributed by atoms with Gasteiger partial charge in [-0.1, -0.05) is 30.7 Å². The van der Waals surface area contributed by atoms with E-state index in [1.54, 1.807) is 6.92 Å². The second kappa shape index (κ2) is 4.38. The lowest BCUT2D eigenvalue weighted by atomic mass is 9.78. The summed E-state index contributed by atoms with van der Waals surface area (Å²) in [5.74, 6) is 0.659. The third kappa shape index (κ3) is 2.17. The van der Waals surface area contributed by atoms with Crippen molar-refractivity contribution >= 4 is 6.29 Å². The summed E-state index contributed by atoms with van der Waals surface area (Å²) in [5, 5.41) is 10.2. The maximum absolute atomic E-state index is 10.5. The zero-order valence-electron chi connectivity index (χ0n) is 9.65. The molecule has 86 valence electrons. The lowest BCUT2D eigenvalue weighted by Gasteiger charge is -2.28. The quantitative estimate of drug-likeness (QED) is 0.789. The summed E-state index contributed by atoms with van der Waals surface area (Å²) < 4.78 is 0. The summed E-state index contributed by atoms with van der Waals surface area (Å²) in [6.45, 7) is 1.70. The number of hydrogen-bond acceptors (Lipinski definition) is 2. The normalized spacial score (nSPS) is 19.9. The second-order valence-electron chi connectivity index (χ2n) is 4.90. The highest BCUT2D eigenvalue weighted by Gasteiger charge is 2.25. The van der Waals surface area contributed by atoms with Crippen molar-refractivity contribution in [2.75, 3.05) is 0 Å². The fourth-order valence-electron chi connectivity index (χ4n) is 2.15.